The number of urea groups is 1. The highest BCUT2D eigenvalue weighted by atomic mass is 16.5. The number of hydrogen-bond acceptors (Lipinski definition) is 5. The van der Waals surface area contributed by atoms with Crippen LogP contribution in [0.4, 0.5) is 10.5 Å². The van der Waals surface area contributed by atoms with Gasteiger partial charge in [-0.15, -0.1) is 0 Å². The first-order valence-electron chi connectivity index (χ1n) is 9.95. The third-order valence-corrected chi connectivity index (χ3v) is 5.28. The number of benzene rings is 2. The van der Waals surface area contributed by atoms with Crippen LogP contribution in [-0.4, -0.2) is 41.7 Å². The average Bonchev–Trinajstić information content (AvgIpc) is 2.78. The van der Waals surface area contributed by atoms with Crippen LogP contribution in [0, 0.1) is 6.92 Å². The normalized spacial score (nSPS) is 12.8. The monoisotopic (exact) mass is 420 g/mol. The zero-order chi connectivity index (χ0) is 22.0. The van der Waals surface area contributed by atoms with Gasteiger partial charge in [-0.3, -0.25) is 4.79 Å². The number of aryl methyl sites for hydroxylation is 1. The molecule has 1 aliphatic rings. The number of aromatic nitrogens is 2. The van der Waals surface area contributed by atoms with E-state index in [2.05, 4.69) is 15.3 Å². The molecule has 2 aromatic carbocycles. The Morgan fingerprint density at radius 1 is 1.10 bits per heavy atom. The summed E-state index contributed by atoms with van der Waals surface area (Å²) >= 11 is 0. The Hall–Kier alpha value is -3.81. The Kier molecular flexibility index (Phi) is 5.62. The van der Waals surface area contributed by atoms with Crippen molar-refractivity contribution in [1.29, 1.82) is 0 Å². The van der Waals surface area contributed by atoms with Crippen molar-refractivity contribution < 1.29 is 14.3 Å². The molecule has 160 valence electrons. The number of hydrogen-bond donors (Lipinski definition) is 2. The van der Waals surface area contributed by atoms with Gasteiger partial charge in [-0.1, -0.05) is 29.8 Å². The van der Waals surface area contributed by atoms with E-state index in [1.54, 1.807) is 37.3 Å². The minimum absolute atomic E-state index is 0.193. The predicted molar refractivity (Wildman–Crippen MR) is 118 cm³/mol. The molecule has 0 bridgehead atoms. The summed E-state index contributed by atoms with van der Waals surface area (Å²) in [6.45, 7) is 2.66. The lowest BCUT2D eigenvalue weighted by molar-refractivity contribution is 0.205. The van der Waals surface area contributed by atoms with Gasteiger partial charge in [0.05, 0.1) is 32.0 Å². The largest absolute Gasteiger partial charge is 0.497 e. The van der Waals surface area contributed by atoms with Gasteiger partial charge in [-0.2, -0.15) is 0 Å². The number of aromatic amines is 1. The summed E-state index contributed by atoms with van der Waals surface area (Å²) in [6.07, 6.45) is 0.507. The maximum atomic E-state index is 12.8. The van der Waals surface area contributed by atoms with E-state index in [-0.39, 0.29) is 18.1 Å². The van der Waals surface area contributed by atoms with E-state index in [4.69, 9.17) is 9.47 Å². The van der Waals surface area contributed by atoms with Crippen LogP contribution in [0.5, 0.6) is 11.5 Å². The Labute approximate surface area is 179 Å². The van der Waals surface area contributed by atoms with Crippen LogP contribution >= 0.6 is 0 Å². The minimum Gasteiger partial charge on any atom is -0.497 e. The summed E-state index contributed by atoms with van der Waals surface area (Å²) in [5, 5.41) is 2.85. The van der Waals surface area contributed by atoms with Crippen molar-refractivity contribution in [2.75, 3.05) is 26.1 Å². The van der Waals surface area contributed by atoms with Gasteiger partial charge in [0.2, 0.25) is 0 Å². The maximum absolute atomic E-state index is 12.8. The van der Waals surface area contributed by atoms with Crippen molar-refractivity contribution >= 4 is 11.7 Å². The average molecular weight is 420 g/mol. The highest BCUT2D eigenvalue weighted by molar-refractivity contribution is 5.90. The molecule has 0 unspecified atom stereocenters. The number of nitrogens with one attached hydrogen (secondary N) is 2. The second-order valence-corrected chi connectivity index (χ2v) is 7.41. The summed E-state index contributed by atoms with van der Waals surface area (Å²) < 4.78 is 10.5. The maximum Gasteiger partial charge on any atom is 0.322 e. The SMILES string of the molecule is COc1cc(NC(=O)N2CCc3nc(-c4ccc(C)cc4)[nH]c(=O)c3C2)cc(OC)c1. The van der Waals surface area contributed by atoms with Crippen LogP contribution in [0.3, 0.4) is 0 Å². The van der Waals surface area contributed by atoms with Crippen molar-refractivity contribution in [2.45, 2.75) is 19.9 Å². The number of ether oxygens (including phenoxy) is 2. The number of fused-ring (bicyclic) bond motifs is 1. The van der Waals surface area contributed by atoms with Gasteiger partial charge in [0.15, 0.2) is 0 Å². The molecule has 0 aliphatic carbocycles. The van der Waals surface area contributed by atoms with Gasteiger partial charge in [-0.05, 0) is 6.92 Å². The van der Waals surface area contributed by atoms with Crippen LogP contribution in [0.15, 0.2) is 47.3 Å². The highest BCUT2D eigenvalue weighted by Gasteiger charge is 2.25. The lowest BCUT2D eigenvalue weighted by Gasteiger charge is -2.28. The first-order valence-corrected chi connectivity index (χ1v) is 9.95. The third kappa shape index (κ3) is 4.37. The smallest absolute Gasteiger partial charge is 0.322 e. The van der Waals surface area contributed by atoms with Crippen LogP contribution in [-0.2, 0) is 13.0 Å². The van der Waals surface area contributed by atoms with Gasteiger partial charge in [0.25, 0.3) is 5.56 Å². The molecule has 2 N–H and O–H groups in total. The van der Waals surface area contributed by atoms with Gasteiger partial charge in [-0.25, -0.2) is 9.78 Å². The molecule has 3 aromatic rings. The van der Waals surface area contributed by atoms with Crippen molar-refractivity contribution in [1.82, 2.24) is 14.9 Å². The van der Waals surface area contributed by atoms with Crippen LogP contribution in [0.2, 0.25) is 0 Å². The van der Waals surface area contributed by atoms with Crippen molar-refractivity contribution in [3.05, 3.63) is 69.6 Å². The van der Waals surface area contributed by atoms with Gasteiger partial charge in [0.1, 0.15) is 17.3 Å². The Balaban J connectivity index is 1.53. The van der Waals surface area contributed by atoms with Crippen molar-refractivity contribution in [2.24, 2.45) is 0 Å². The second-order valence-electron chi connectivity index (χ2n) is 7.41. The number of anilines is 1. The van der Waals surface area contributed by atoms with E-state index in [0.29, 0.717) is 41.5 Å². The van der Waals surface area contributed by atoms with Crippen LogP contribution in [0.1, 0.15) is 16.8 Å². The van der Waals surface area contributed by atoms with Gasteiger partial charge < -0.3 is 24.7 Å². The zero-order valence-corrected chi connectivity index (χ0v) is 17.7. The molecule has 1 aliphatic heterocycles. The Morgan fingerprint density at radius 3 is 2.42 bits per heavy atom. The number of carbonyl (C=O) groups excluding carboxylic acids is 1. The molecular weight excluding hydrogens is 396 g/mol. The van der Waals surface area contributed by atoms with E-state index < -0.39 is 0 Å². The molecule has 0 radical (unpaired) electrons. The Morgan fingerprint density at radius 2 is 1.77 bits per heavy atom. The van der Waals surface area contributed by atoms with Crippen LogP contribution < -0.4 is 20.3 Å². The summed E-state index contributed by atoms with van der Waals surface area (Å²) in [5.74, 6) is 1.69. The first kappa shape index (κ1) is 20.5. The molecule has 0 saturated carbocycles. The Bertz CT molecular complexity index is 1150. The molecule has 31 heavy (non-hydrogen) atoms. The molecule has 2 heterocycles. The quantitative estimate of drug-likeness (QED) is 0.675. The number of H-pyrrole nitrogens is 1. The standard InChI is InChI=1S/C23H24N4O4/c1-14-4-6-15(7-5-14)21-25-20-8-9-27(13-19(20)22(28)26-21)23(29)24-16-10-17(30-2)12-18(11-16)31-3/h4-7,10-12H,8-9,13H2,1-3H3,(H,24,29)(H,25,26,28). The molecule has 1 aromatic heterocycles. The highest BCUT2D eigenvalue weighted by Crippen LogP contribution is 2.26. The van der Waals surface area contributed by atoms with E-state index in [9.17, 15) is 9.59 Å². The summed E-state index contributed by atoms with van der Waals surface area (Å²) in [4.78, 5) is 34.6. The minimum atomic E-state index is -0.303. The van der Waals surface area contributed by atoms with Crippen LogP contribution in [0.25, 0.3) is 11.4 Å². The number of rotatable bonds is 4. The number of amides is 2. The summed E-state index contributed by atoms with van der Waals surface area (Å²) in [6, 6.07) is 12.7. The second kappa shape index (κ2) is 8.51. The van der Waals surface area contributed by atoms with E-state index in [1.165, 1.54) is 0 Å². The van der Waals surface area contributed by atoms with Crippen molar-refractivity contribution in [3.63, 3.8) is 0 Å². The molecule has 8 heteroatoms. The lowest BCUT2D eigenvalue weighted by atomic mass is 10.1. The molecule has 0 spiro atoms. The predicted octanol–water partition coefficient (Wildman–Crippen LogP) is 3.35. The molecule has 4 rings (SSSR count). The van der Waals surface area contributed by atoms with E-state index >= 15 is 0 Å². The summed E-state index contributed by atoms with van der Waals surface area (Å²) in [5.41, 5.74) is 3.57. The topological polar surface area (TPSA) is 96.5 Å². The molecule has 2 amide bonds. The molecule has 8 nitrogen and oxygen atoms in total. The zero-order valence-electron chi connectivity index (χ0n) is 17.7. The van der Waals surface area contributed by atoms with Gasteiger partial charge in [0, 0.05) is 42.4 Å². The fourth-order valence-electron chi connectivity index (χ4n) is 3.53. The number of methoxy groups -OCH3 is 2. The molecular formula is C23H24N4O4. The number of nitrogens with zero attached hydrogens (tertiary/aromatic N) is 2. The third-order valence-electron chi connectivity index (χ3n) is 5.28. The first-order chi connectivity index (χ1) is 15.0. The lowest BCUT2D eigenvalue weighted by Crippen LogP contribution is -2.41. The van der Waals surface area contributed by atoms with Gasteiger partial charge >= 0.3 is 6.03 Å². The fraction of sp³-hybridized carbons (Fsp3) is 0.261. The number of carbonyl (C=O) groups is 1. The van der Waals surface area contributed by atoms with E-state index in [0.717, 1.165) is 16.8 Å². The fourth-order valence-corrected chi connectivity index (χ4v) is 3.53. The summed E-state index contributed by atoms with van der Waals surface area (Å²) in [7, 11) is 3.10. The molecule has 0 saturated heterocycles. The molecule has 0 fully saturated rings. The molecule has 0 atom stereocenters. The van der Waals surface area contributed by atoms with Crippen molar-refractivity contribution in [3.8, 4) is 22.9 Å². The van der Waals surface area contributed by atoms with E-state index in [1.807, 2.05) is 31.2 Å².